The van der Waals surface area contributed by atoms with Crippen LogP contribution >= 0.6 is 0 Å². The standard InChI is InChI=1S/C22H26O4/c1-16(2)25-15-14-22(3,4)26-21(24)19-12-10-18(11-13-19)20(23)17-8-6-5-7-9-17/h5-13,16H,14-15H2,1-4H3. The molecular weight excluding hydrogens is 328 g/mol. The van der Waals surface area contributed by atoms with Gasteiger partial charge in [-0.2, -0.15) is 0 Å². The molecule has 0 radical (unpaired) electrons. The summed E-state index contributed by atoms with van der Waals surface area (Å²) in [7, 11) is 0. The van der Waals surface area contributed by atoms with Gasteiger partial charge in [-0.15, -0.1) is 0 Å². The molecule has 0 fully saturated rings. The lowest BCUT2D eigenvalue weighted by molar-refractivity contribution is -0.0239. The van der Waals surface area contributed by atoms with Gasteiger partial charge in [-0.25, -0.2) is 4.79 Å². The smallest absolute Gasteiger partial charge is 0.338 e. The van der Waals surface area contributed by atoms with Gasteiger partial charge in [0.2, 0.25) is 0 Å². The van der Waals surface area contributed by atoms with Crippen molar-refractivity contribution in [2.75, 3.05) is 6.61 Å². The number of hydrogen-bond acceptors (Lipinski definition) is 4. The second kappa shape index (κ2) is 8.77. The normalized spacial score (nSPS) is 11.4. The van der Waals surface area contributed by atoms with Crippen LogP contribution in [0.2, 0.25) is 0 Å². The Labute approximate surface area is 155 Å². The fourth-order valence-corrected chi connectivity index (χ4v) is 2.42. The number of carbonyl (C=O) groups is 2. The van der Waals surface area contributed by atoms with Crippen LogP contribution in [0, 0.1) is 0 Å². The summed E-state index contributed by atoms with van der Waals surface area (Å²) in [5.74, 6) is -0.477. The van der Waals surface area contributed by atoms with Crippen LogP contribution in [0.3, 0.4) is 0 Å². The van der Waals surface area contributed by atoms with Gasteiger partial charge in [0.25, 0.3) is 0 Å². The molecule has 0 saturated heterocycles. The van der Waals surface area contributed by atoms with E-state index in [0.717, 1.165) is 0 Å². The minimum atomic E-state index is -0.621. The SMILES string of the molecule is CC(C)OCCC(C)(C)OC(=O)c1ccc(C(=O)c2ccccc2)cc1. The molecule has 0 aliphatic carbocycles. The summed E-state index contributed by atoms with van der Waals surface area (Å²) in [4.78, 5) is 24.8. The number of hydrogen-bond donors (Lipinski definition) is 0. The topological polar surface area (TPSA) is 52.6 Å². The molecule has 0 aromatic heterocycles. The zero-order chi connectivity index (χ0) is 19.2. The second-order valence-corrected chi connectivity index (χ2v) is 7.09. The zero-order valence-corrected chi connectivity index (χ0v) is 15.8. The first-order valence-electron chi connectivity index (χ1n) is 8.83. The molecule has 138 valence electrons. The quantitative estimate of drug-likeness (QED) is 0.511. The van der Waals surface area contributed by atoms with E-state index in [4.69, 9.17) is 9.47 Å². The Balaban J connectivity index is 1.99. The van der Waals surface area contributed by atoms with Crippen molar-refractivity contribution in [3.63, 3.8) is 0 Å². The number of ether oxygens (including phenoxy) is 2. The molecule has 0 atom stereocenters. The summed E-state index contributed by atoms with van der Waals surface area (Å²) in [6.45, 7) is 8.20. The van der Waals surface area contributed by atoms with E-state index < -0.39 is 11.6 Å². The fraction of sp³-hybridized carbons (Fsp3) is 0.364. The molecule has 0 spiro atoms. The first kappa shape index (κ1) is 19.9. The summed E-state index contributed by atoms with van der Waals surface area (Å²) >= 11 is 0. The molecule has 0 saturated carbocycles. The van der Waals surface area contributed by atoms with Gasteiger partial charge in [-0.05, 0) is 39.8 Å². The molecule has 2 aromatic rings. The van der Waals surface area contributed by atoms with Crippen molar-refractivity contribution in [3.05, 3.63) is 71.3 Å². The molecular formula is C22H26O4. The highest BCUT2D eigenvalue weighted by Gasteiger charge is 2.24. The summed E-state index contributed by atoms with van der Waals surface area (Å²) in [5, 5.41) is 0. The van der Waals surface area contributed by atoms with Crippen LogP contribution in [0.15, 0.2) is 54.6 Å². The molecule has 0 aliphatic heterocycles. The number of rotatable bonds is 8. The van der Waals surface area contributed by atoms with Gasteiger partial charge in [0, 0.05) is 17.5 Å². The molecule has 0 N–H and O–H groups in total. The summed E-state index contributed by atoms with van der Waals surface area (Å²) in [6, 6.07) is 15.6. The largest absolute Gasteiger partial charge is 0.456 e. The molecule has 0 heterocycles. The van der Waals surface area contributed by atoms with Crippen molar-refractivity contribution in [3.8, 4) is 0 Å². The molecule has 0 amide bonds. The Hall–Kier alpha value is -2.46. The maximum atomic E-state index is 12.4. The predicted octanol–water partition coefficient (Wildman–Crippen LogP) is 4.67. The monoisotopic (exact) mass is 354 g/mol. The highest BCUT2D eigenvalue weighted by atomic mass is 16.6. The third-order valence-corrected chi connectivity index (χ3v) is 3.94. The van der Waals surface area contributed by atoms with Gasteiger partial charge in [0.15, 0.2) is 5.78 Å². The third-order valence-electron chi connectivity index (χ3n) is 3.94. The number of carbonyl (C=O) groups excluding carboxylic acids is 2. The van der Waals surface area contributed by atoms with Gasteiger partial charge in [0.1, 0.15) is 5.60 Å². The van der Waals surface area contributed by atoms with Gasteiger partial charge in [-0.1, -0.05) is 42.5 Å². The van der Waals surface area contributed by atoms with E-state index >= 15 is 0 Å². The van der Waals surface area contributed by atoms with E-state index in [0.29, 0.717) is 29.7 Å². The molecule has 2 rings (SSSR count). The molecule has 4 heteroatoms. The molecule has 0 unspecified atom stereocenters. The van der Waals surface area contributed by atoms with Gasteiger partial charge < -0.3 is 9.47 Å². The summed E-state index contributed by atoms with van der Waals surface area (Å²) in [5.41, 5.74) is 0.962. The molecule has 4 nitrogen and oxygen atoms in total. The third kappa shape index (κ3) is 5.81. The maximum Gasteiger partial charge on any atom is 0.338 e. The highest BCUT2D eigenvalue weighted by Crippen LogP contribution is 2.19. The minimum absolute atomic E-state index is 0.0725. The number of ketones is 1. The average molecular weight is 354 g/mol. The van der Waals surface area contributed by atoms with Crippen LogP contribution in [-0.4, -0.2) is 30.1 Å². The maximum absolute atomic E-state index is 12.4. The van der Waals surface area contributed by atoms with Crippen LogP contribution in [0.4, 0.5) is 0 Å². The van der Waals surface area contributed by atoms with E-state index in [2.05, 4.69) is 0 Å². The molecule has 0 aliphatic rings. The highest BCUT2D eigenvalue weighted by molar-refractivity contribution is 6.09. The fourth-order valence-electron chi connectivity index (χ4n) is 2.42. The molecule has 0 bridgehead atoms. The van der Waals surface area contributed by atoms with Crippen LogP contribution in [-0.2, 0) is 9.47 Å². The van der Waals surface area contributed by atoms with Crippen molar-refractivity contribution in [1.82, 2.24) is 0 Å². The number of esters is 1. The summed E-state index contributed by atoms with van der Waals surface area (Å²) < 4.78 is 11.1. The van der Waals surface area contributed by atoms with Gasteiger partial charge in [-0.3, -0.25) is 4.79 Å². The van der Waals surface area contributed by atoms with Crippen LogP contribution < -0.4 is 0 Å². The van der Waals surface area contributed by atoms with E-state index in [1.165, 1.54) is 0 Å². The number of benzene rings is 2. The van der Waals surface area contributed by atoms with Gasteiger partial charge >= 0.3 is 5.97 Å². The lowest BCUT2D eigenvalue weighted by atomic mass is 10.0. The molecule has 26 heavy (non-hydrogen) atoms. The van der Waals surface area contributed by atoms with E-state index in [1.807, 2.05) is 45.9 Å². The lowest BCUT2D eigenvalue weighted by Crippen LogP contribution is -2.30. The van der Waals surface area contributed by atoms with Crippen molar-refractivity contribution >= 4 is 11.8 Å². The van der Waals surface area contributed by atoms with Gasteiger partial charge in [0.05, 0.1) is 18.3 Å². The van der Waals surface area contributed by atoms with Crippen molar-refractivity contribution in [2.24, 2.45) is 0 Å². The predicted molar refractivity (Wildman–Crippen MR) is 102 cm³/mol. The van der Waals surface area contributed by atoms with E-state index in [1.54, 1.807) is 36.4 Å². The average Bonchev–Trinajstić information content (AvgIpc) is 2.61. The Morgan fingerprint density at radius 2 is 1.42 bits per heavy atom. The Bertz CT molecular complexity index is 730. The van der Waals surface area contributed by atoms with Crippen LogP contribution in [0.5, 0.6) is 0 Å². The van der Waals surface area contributed by atoms with E-state index in [9.17, 15) is 9.59 Å². The first-order valence-corrected chi connectivity index (χ1v) is 8.83. The molecule has 2 aromatic carbocycles. The first-order chi connectivity index (χ1) is 12.3. The van der Waals surface area contributed by atoms with Crippen molar-refractivity contribution in [1.29, 1.82) is 0 Å². The minimum Gasteiger partial charge on any atom is -0.456 e. The van der Waals surface area contributed by atoms with E-state index in [-0.39, 0.29) is 11.9 Å². The summed E-state index contributed by atoms with van der Waals surface area (Å²) in [6.07, 6.45) is 0.762. The lowest BCUT2D eigenvalue weighted by Gasteiger charge is -2.25. The zero-order valence-electron chi connectivity index (χ0n) is 15.8. The Morgan fingerprint density at radius 3 is 2.00 bits per heavy atom. The van der Waals surface area contributed by atoms with Crippen molar-refractivity contribution in [2.45, 2.75) is 45.8 Å². The Morgan fingerprint density at radius 1 is 0.885 bits per heavy atom. The van der Waals surface area contributed by atoms with Crippen LogP contribution in [0.1, 0.15) is 60.4 Å². The van der Waals surface area contributed by atoms with Crippen LogP contribution in [0.25, 0.3) is 0 Å². The van der Waals surface area contributed by atoms with Crippen molar-refractivity contribution < 1.29 is 19.1 Å². The second-order valence-electron chi connectivity index (χ2n) is 7.09. The Kier molecular flexibility index (Phi) is 6.70.